The minimum Gasteiger partial charge on any atom is -0.351 e. The molecule has 1 amide bonds. The van der Waals surface area contributed by atoms with Crippen LogP contribution in [0.15, 0.2) is 36.4 Å². The number of amides is 1. The lowest BCUT2D eigenvalue weighted by Crippen LogP contribution is -2.42. The molecule has 1 saturated heterocycles. The van der Waals surface area contributed by atoms with E-state index in [4.69, 9.17) is 0 Å². The Morgan fingerprint density at radius 3 is 2.90 bits per heavy atom. The third-order valence-corrected chi connectivity index (χ3v) is 3.87. The average molecular weight is 272 g/mol. The van der Waals surface area contributed by atoms with Crippen molar-refractivity contribution in [3.63, 3.8) is 0 Å². The molecule has 1 aliphatic rings. The van der Waals surface area contributed by atoms with Gasteiger partial charge in [-0.25, -0.2) is 0 Å². The van der Waals surface area contributed by atoms with Crippen molar-refractivity contribution in [3.8, 4) is 0 Å². The molecule has 1 aliphatic heterocycles. The fraction of sp³-hybridized carbons (Fsp3) is 0.471. The van der Waals surface area contributed by atoms with Gasteiger partial charge in [0, 0.05) is 25.2 Å². The quantitative estimate of drug-likeness (QED) is 0.836. The predicted molar refractivity (Wildman–Crippen MR) is 83.4 cm³/mol. The normalized spacial score (nSPS) is 20.1. The minimum absolute atomic E-state index is 0.0153. The van der Waals surface area contributed by atoms with Crippen LogP contribution in [0.25, 0.3) is 6.08 Å². The summed E-state index contributed by atoms with van der Waals surface area (Å²) in [5.74, 6) is -0.0153. The number of benzene rings is 1. The average Bonchev–Trinajstić information content (AvgIpc) is 2.48. The Bertz CT molecular complexity index is 442. The van der Waals surface area contributed by atoms with Crippen molar-refractivity contribution < 1.29 is 4.79 Å². The van der Waals surface area contributed by atoms with Gasteiger partial charge in [0.25, 0.3) is 0 Å². The summed E-state index contributed by atoms with van der Waals surface area (Å²) in [5, 5.41) is 2.95. The molecule has 0 aliphatic carbocycles. The first-order valence-electron chi connectivity index (χ1n) is 7.51. The summed E-state index contributed by atoms with van der Waals surface area (Å²) in [6, 6.07) is 10.5. The van der Waals surface area contributed by atoms with Crippen LogP contribution in [0.2, 0.25) is 0 Å². The summed E-state index contributed by atoms with van der Waals surface area (Å²) in [6.07, 6.45) is 7.35. The van der Waals surface area contributed by atoms with Crippen LogP contribution in [0, 0.1) is 0 Å². The fourth-order valence-corrected chi connectivity index (χ4v) is 2.61. The number of likely N-dealkylation sites (tertiary alicyclic amines) is 1. The number of nitrogens with one attached hydrogen (secondary N) is 1. The summed E-state index contributed by atoms with van der Waals surface area (Å²) >= 11 is 0. The van der Waals surface area contributed by atoms with Crippen LogP contribution < -0.4 is 5.32 Å². The van der Waals surface area contributed by atoms with Crippen LogP contribution in [0.4, 0.5) is 0 Å². The van der Waals surface area contributed by atoms with Crippen molar-refractivity contribution in [2.75, 3.05) is 19.6 Å². The van der Waals surface area contributed by atoms with Gasteiger partial charge in [-0.15, -0.1) is 0 Å². The van der Waals surface area contributed by atoms with E-state index in [2.05, 4.69) is 17.1 Å². The number of nitrogens with zero attached hydrogens (tertiary/aromatic N) is 1. The minimum atomic E-state index is -0.0153. The third-order valence-electron chi connectivity index (χ3n) is 3.87. The Balaban J connectivity index is 1.69. The lowest BCUT2D eigenvalue weighted by molar-refractivity contribution is -0.116. The smallest absolute Gasteiger partial charge is 0.244 e. The molecule has 3 heteroatoms. The van der Waals surface area contributed by atoms with Crippen molar-refractivity contribution in [3.05, 3.63) is 42.0 Å². The molecule has 108 valence electrons. The van der Waals surface area contributed by atoms with Crippen LogP contribution in [0.3, 0.4) is 0 Å². The van der Waals surface area contributed by atoms with E-state index in [1.165, 1.54) is 19.3 Å². The maximum Gasteiger partial charge on any atom is 0.244 e. The maximum atomic E-state index is 11.7. The molecule has 0 radical (unpaired) electrons. The molecule has 1 atom stereocenters. The molecule has 1 fully saturated rings. The van der Waals surface area contributed by atoms with E-state index >= 15 is 0 Å². The zero-order chi connectivity index (χ0) is 14.2. The van der Waals surface area contributed by atoms with Gasteiger partial charge in [-0.3, -0.25) is 9.69 Å². The Labute approximate surface area is 121 Å². The monoisotopic (exact) mass is 272 g/mol. The van der Waals surface area contributed by atoms with E-state index in [0.717, 1.165) is 25.2 Å². The van der Waals surface area contributed by atoms with E-state index in [-0.39, 0.29) is 5.91 Å². The SMILES string of the molecule is CC1CCCCN1CCNC(=O)/C=C/c1ccccc1. The number of carbonyl (C=O) groups excluding carboxylic acids is 1. The molecule has 0 spiro atoms. The van der Waals surface area contributed by atoms with Gasteiger partial charge in [0.05, 0.1) is 0 Å². The fourth-order valence-electron chi connectivity index (χ4n) is 2.61. The highest BCUT2D eigenvalue weighted by molar-refractivity contribution is 5.91. The zero-order valence-electron chi connectivity index (χ0n) is 12.2. The molecular formula is C17H24N2O. The molecular weight excluding hydrogens is 248 g/mol. The van der Waals surface area contributed by atoms with Crippen LogP contribution in [-0.2, 0) is 4.79 Å². The van der Waals surface area contributed by atoms with E-state index < -0.39 is 0 Å². The zero-order valence-corrected chi connectivity index (χ0v) is 12.2. The summed E-state index contributed by atoms with van der Waals surface area (Å²) < 4.78 is 0. The molecule has 20 heavy (non-hydrogen) atoms. The van der Waals surface area contributed by atoms with Gasteiger partial charge in [-0.2, -0.15) is 0 Å². The van der Waals surface area contributed by atoms with Crippen molar-refractivity contribution >= 4 is 12.0 Å². The Morgan fingerprint density at radius 2 is 2.15 bits per heavy atom. The highest BCUT2D eigenvalue weighted by Crippen LogP contribution is 2.15. The molecule has 2 rings (SSSR count). The molecule has 0 saturated carbocycles. The van der Waals surface area contributed by atoms with E-state index in [1.807, 2.05) is 36.4 Å². The Hall–Kier alpha value is -1.61. The number of hydrogen-bond acceptors (Lipinski definition) is 2. The van der Waals surface area contributed by atoms with Crippen LogP contribution >= 0.6 is 0 Å². The third kappa shape index (κ3) is 4.82. The number of rotatable bonds is 5. The molecule has 3 nitrogen and oxygen atoms in total. The number of piperidine rings is 1. The molecule has 1 aromatic rings. The molecule has 0 aromatic heterocycles. The second-order valence-electron chi connectivity index (χ2n) is 5.42. The lowest BCUT2D eigenvalue weighted by atomic mass is 10.0. The van der Waals surface area contributed by atoms with Gasteiger partial charge in [0.2, 0.25) is 5.91 Å². The summed E-state index contributed by atoms with van der Waals surface area (Å²) in [5.41, 5.74) is 1.05. The number of carbonyl (C=O) groups is 1. The van der Waals surface area contributed by atoms with Crippen LogP contribution in [0.5, 0.6) is 0 Å². The first-order valence-corrected chi connectivity index (χ1v) is 7.51. The molecule has 1 unspecified atom stereocenters. The van der Waals surface area contributed by atoms with Gasteiger partial charge in [-0.1, -0.05) is 36.8 Å². The molecule has 0 bridgehead atoms. The van der Waals surface area contributed by atoms with E-state index in [1.54, 1.807) is 6.08 Å². The molecule has 1 heterocycles. The Kier molecular flexibility index (Phi) is 5.81. The Morgan fingerprint density at radius 1 is 1.35 bits per heavy atom. The van der Waals surface area contributed by atoms with Gasteiger partial charge in [0.15, 0.2) is 0 Å². The summed E-state index contributed by atoms with van der Waals surface area (Å²) in [6.45, 7) is 5.11. The molecule has 1 aromatic carbocycles. The van der Waals surface area contributed by atoms with Gasteiger partial charge in [-0.05, 0) is 37.9 Å². The van der Waals surface area contributed by atoms with Crippen molar-refractivity contribution in [2.24, 2.45) is 0 Å². The van der Waals surface area contributed by atoms with Crippen LogP contribution in [-0.4, -0.2) is 36.5 Å². The predicted octanol–water partition coefficient (Wildman–Crippen LogP) is 2.69. The van der Waals surface area contributed by atoms with Gasteiger partial charge in [0.1, 0.15) is 0 Å². The maximum absolute atomic E-state index is 11.7. The second kappa shape index (κ2) is 7.85. The van der Waals surface area contributed by atoms with Crippen molar-refractivity contribution in [1.29, 1.82) is 0 Å². The highest BCUT2D eigenvalue weighted by Gasteiger charge is 2.17. The standard InChI is InChI=1S/C17H24N2O/c1-15-7-5-6-13-19(15)14-12-18-17(20)11-10-16-8-3-2-4-9-16/h2-4,8-11,15H,5-7,12-14H2,1H3,(H,18,20)/b11-10+. The first-order chi connectivity index (χ1) is 9.75. The van der Waals surface area contributed by atoms with Crippen LogP contribution in [0.1, 0.15) is 31.7 Å². The second-order valence-corrected chi connectivity index (χ2v) is 5.42. The van der Waals surface area contributed by atoms with Crippen molar-refractivity contribution in [1.82, 2.24) is 10.2 Å². The highest BCUT2D eigenvalue weighted by atomic mass is 16.1. The van der Waals surface area contributed by atoms with Crippen molar-refractivity contribution in [2.45, 2.75) is 32.2 Å². The lowest BCUT2D eigenvalue weighted by Gasteiger charge is -2.33. The topological polar surface area (TPSA) is 32.3 Å². The first kappa shape index (κ1) is 14.8. The van der Waals surface area contributed by atoms with E-state index in [0.29, 0.717) is 6.04 Å². The van der Waals surface area contributed by atoms with E-state index in [9.17, 15) is 4.79 Å². The summed E-state index contributed by atoms with van der Waals surface area (Å²) in [7, 11) is 0. The summed E-state index contributed by atoms with van der Waals surface area (Å²) in [4.78, 5) is 14.2. The number of hydrogen-bond donors (Lipinski definition) is 1. The largest absolute Gasteiger partial charge is 0.351 e. The van der Waals surface area contributed by atoms with Gasteiger partial charge < -0.3 is 5.32 Å². The molecule has 1 N–H and O–H groups in total. The van der Waals surface area contributed by atoms with Gasteiger partial charge >= 0.3 is 0 Å².